The Morgan fingerprint density at radius 2 is 1.76 bits per heavy atom. The molecule has 0 aromatic heterocycles. The average Bonchev–Trinajstić information content (AvgIpc) is 2.32. The van der Waals surface area contributed by atoms with Gasteiger partial charge in [-0.1, -0.05) is 13.8 Å². The van der Waals surface area contributed by atoms with E-state index in [0.717, 1.165) is 6.42 Å². The van der Waals surface area contributed by atoms with E-state index in [1.54, 1.807) is 12.0 Å². The second kappa shape index (κ2) is 8.22. The second-order valence-corrected chi connectivity index (χ2v) is 7.03. The molecule has 0 atom stereocenters. The Bertz CT molecular complexity index is 348. The van der Waals surface area contributed by atoms with E-state index < -0.39 is 11.5 Å². The summed E-state index contributed by atoms with van der Waals surface area (Å²) >= 11 is 0. The lowest BCUT2D eigenvalue weighted by atomic mass is 9.90. The Morgan fingerprint density at radius 1 is 1.19 bits per heavy atom. The Labute approximate surface area is 127 Å². The lowest BCUT2D eigenvalue weighted by Gasteiger charge is -2.36. The maximum atomic E-state index is 12.3. The standard InChI is InChI=1S/C15H30N2O4/c1-14(2,3)17(9-7-12(18)19)13(20)16-11-15(4,5)8-10-21-6/h7-11H2,1-6H3,(H,16,20)(H,18,19). The molecule has 0 fully saturated rings. The monoisotopic (exact) mass is 302 g/mol. The van der Waals surface area contributed by atoms with Crippen LogP contribution in [0.2, 0.25) is 0 Å². The summed E-state index contributed by atoms with van der Waals surface area (Å²) in [5.41, 5.74) is -0.488. The van der Waals surface area contributed by atoms with Crippen LogP contribution in [-0.2, 0) is 9.53 Å². The molecule has 0 heterocycles. The summed E-state index contributed by atoms with van der Waals surface area (Å²) in [7, 11) is 1.65. The highest BCUT2D eigenvalue weighted by Crippen LogP contribution is 2.20. The highest BCUT2D eigenvalue weighted by Gasteiger charge is 2.28. The number of nitrogens with zero attached hydrogens (tertiary/aromatic N) is 1. The molecule has 6 heteroatoms. The summed E-state index contributed by atoms with van der Waals surface area (Å²) in [4.78, 5) is 24.6. The Kier molecular flexibility index (Phi) is 7.71. The lowest BCUT2D eigenvalue weighted by molar-refractivity contribution is -0.137. The first-order chi connectivity index (χ1) is 9.49. The number of nitrogens with one attached hydrogen (secondary N) is 1. The minimum Gasteiger partial charge on any atom is -0.481 e. The summed E-state index contributed by atoms with van der Waals surface area (Å²) in [5, 5.41) is 11.7. The third-order valence-electron chi connectivity index (χ3n) is 3.31. The zero-order valence-electron chi connectivity index (χ0n) is 14.2. The zero-order chi connectivity index (χ0) is 16.7. The fourth-order valence-electron chi connectivity index (χ4n) is 1.83. The van der Waals surface area contributed by atoms with Gasteiger partial charge in [-0.25, -0.2) is 4.79 Å². The first kappa shape index (κ1) is 19.7. The SMILES string of the molecule is COCCC(C)(C)CNC(=O)N(CCC(=O)O)C(C)(C)C. The molecule has 0 aliphatic carbocycles. The van der Waals surface area contributed by atoms with Gasteiger partial charge in [-0.15, -0.1) is 0 Å². The quantitative estimate of drug-likeness (QED) is 0.721. The van der Waals surface area contributed by atoms with Crippen molar-refractivity contribution in [1.29, 1.82) is 0 Å². The van der Waals surface area contributed by atoms with Crippen LogP contribution in [0.1, 0.15) is 47.5 Å². The molecule has 0 aromatic rings. The van der Waals surface area contributed by atoms with Gasteiger partial charge in [0.15, 0.2) is 0 Å². The Morgan fingerprint density at radius 3 is 2.19 bits per heavy atom. The van der Waals surface area contributed by atoms with E-state index in [2.05, 4.69) is 19.2 Å². The Balaban J connectivity index is 4.57. The lowest BCUT2D eigenvalue weighted by Crippen LogP contribution is -2.52. The van der Waals surface area contributed by atoms with Gasteiger partial charge >= 0.3 is 12.0 Å². The van der Waals surface area contributed by atoms with Crippen molar-refractivity contribution >= 4 is 12.0 Å². The predicted molar refractivity (Wildman–Crippen MR) is 82.4 cm³/mol. The molecule has 2 N–H and O–H groups in total. The molecule has 0 radical (unpaired) electrons. The fourth-order valence-corrected chi connectivity index (χ4v) is 1.83. The van der Waals surface area contributed by atoms with E-state index in [1.807, 2.05) is 20.8 Å². The van der Waals surface area contributed by atoms with E-state index in [9.17, 15) is 9.59 Å². The predicted octanol–water partition coefficient (Wildman–Crippen LogP) is 2.33. The third kappa shape index (κ3) is 8.55. The number of urea groups is 1. The van der Waals surface area contributed by atoms with Gasteiger partial charge in [-0.05, 0) is 32.6 Å². The summed E-state index contributed by atoms with van der Waals surface area (Å²) in [6.07, 6.45) is 0.784. The highest BCUT2D eigenvalue weighted by atomic mass is 16.5. The van der Waals surface area contributed by atoms with Gasteiger partial charge in [0.2, 0.25) is 0 Å². The first-order valence-electron chi connectivity index (χ1n) is 7.26. The molecule has 0 rings (SSSR count). The van der Waals surface area contributed by atoms with Crippen molar-refractivity contribution in [3.63, 3.8) is 0 Å². The van der Waals surface area contributed by atoms with Crippen LogP contribution in [0.25, 0.3) is 0 Å². The van der Waals surface area contributed by atoms with Gasteiger partial charge in [0.05, 0.1) is 6.42 Å². The number of rotatable bonds is 8. The molecule has 0 aliphatic heterocycles. The van der Waals surface area contributed by atoms with Gasteiger partial charge < -0.3 is 20.1 Å². The summed E-state index contributed by atoms with van der Waals surface area (Å²) in [6, 6.07) is -0.228. The number of hydrogen-bond donors (Lipinski definition) is 2. The molecule has 0 aliphatic rings. The molecule has 21 heavy (non-hydrogen) atoms. The molecule has 6 nitrogen and oxygen atoms in total. The van der Waals surface area contributed by atoms with Crippen LogP contribution in [0.15, 0.2) is 0 Å². The van der Waals surface area contributed by atoms with Crippen LogP contribution < -0.4 is 5.32 Å². The maximum absolute atomic E-state index is 12.3. The number of hydrogen-bond acceptors (Lipinski definition) is 3. The summed E-state index contributed by atoms with van der Waals surface area (Å²) < 4.78 is 5.06. The first-order valence-corrected chi connectivity index (χ1v) is 7.26. The zero-order valence-corrected chi connectivity index (χ0v) is 14.2. The number of carbonyl (C=O) groups is 2. The van der Waals surface area contributed by atoms with Crippen molar-refractivity contribution in [3.05, 3.63) is 0 Å². The minimum absolute atomic E-state index is 0.0578. The fraction of sp³-hybridized carbons (Fsp3) is 0.867. The van der Waals surface area contributed by atoms with E-state index in [4.69, 9.17) is 9.84 Å². The molecule has 0 spiro atoms. The molecular formula is C15H30N2O4. The number of aliphatic carboxylic acids is 1. The van der Waals surface area contributed by atoms with Crippen molar-refractivity contribution in [3.8, 4) is 0 Å². The van der Waals surface area contributed by atoms with Gasteiger partial charge in [0, 0.05) is 32.3 Å². The number of ether oxygens (including phenoxy) is 1. The smallest absolute Gasteiger partial charge is 0.317 e. The van der Waals surface area contributed by atoms with Crippen molar-refractivity contribution in [2.45, 2.75) is 53.0 Å². The van der Waals surface area contributed by atoms with Crippen LogP contribution in [0, 0.1) is 5.41 Å². The number of carboxylic acids is 1. The van der Waals surface area contributed by atoms with E-state index in [-0.39, 0.29) is 24.4 Å². The van der Waals surface area contributed by atoms with E-state index in [1.165, 1.54) is 0 Å². The molecule has 2 amide bonds. The van der Waals surface area contributed by atoms with Crippen molar-refractivity contribution in [1.82, 2.24) is 10.2 Å². The summed E-state index contributed by atoms with van der Waals surface area (Å²) in [6.45, 7) is 11.2. The van der Waals surface area contributed by atoms with Crippen LogP contribution in [0.3, 0.4) is 0 Å². The number of carbonyl (C=O) groups excluding carboxylic acids is 1. The van der Waals surface area contributed by atoms with Gasteiger partial charge in [0.25, 0.3) is 0 Å². The second-order valence-electron chi connectivity index (χ2n) is 7.03. The van der Waals surface area contributed by atoms with Crippen LogP contribution in [0.4, 0.5) is 4.79 Å². The molecule has 124 valence electrons. The maximum Gasteiger partial charge on any atom is 0.317 e. The molecule has 0 bridgehead atoms. The minimum atomic E-state index is -0.905. The van der Waals surface area contributed by atoms with Gasteiger partial charge in [0.1, 0.15) is 0 Å². The average molecular weight is 302 g/mol. The molecule has 0 saturated heterocycles. The Hall–Kier alpha value is -1.30. The largest absolute Gasteiger partial charge is 0.481 e. The number of amides is 2. The van der Waals surface area contributed by atoms with Crippen LogP contribution in [0.5, 0.6) is 0 Å². The molecule has 0 saturated carbocycles. The van der Waals surface area contributed by atoms with Crippen molar-refractivity contribution in [2.75, 3.05) is 26.8 Å². The molecule has 0 unspecified atom stereocenters. The third-order valence-corrected chi connectivity index (χ3v) is 3.31. The normalized spacial score (nSPS) is 12.1. The molecular weight excluding hydrogens is 272 g/mol. The highest BCUT2D eigenvalue weighted by molar-refractivity contribution is 5.76. The van der Waals surface area contributed by atoms with Crippen LogP contribution >= 0.6 is 0 Å². The van der Waals surface area contributed by atoms with Crippen molar-refractivity contribution < 1.29 is 19.4 Å². The topological polar surface area (TPSA) is 78.9 Å². The van der Waals surface area contributed by atoms with E-state index >= 15 is 0 Å². The van der Waals surface area contributed by atoms with Crippen LogP contribution in [-0.4, -0.2) is 54.4 Å². The van der Waals surface area contributed by atoms with Gasteiger partial charge in [-0.3, -0.25) is 4.79 Å². The summed E-state index contributed by atoms with van der Waals surface area (Å²) in [5.74, 6) is -0.905. The van der Waals surface area contributed by atoms with Gasteiger partial charge in [-0.2, -0.15) is 0 Å². The van der Waals surface area contributed by atoms with Crippen molar-refractivity contribution in [2.24, 2.45) is 5.41 Å². The number of methoxy groups -OCH3 is 1. The van der Waals surface area contributed by atoms with E-state index in [0.29, 0.717) is 13.2 Å². The number of carboxylic acid groups (broad SMARTS) is 1. The molecule has 0 aromatic carbocycles.